The van der Waals surface area contributed by atoms with Gasteiger partial charge in [0.25, 0.3) is 0 Å². The molecule has 0 amide bonds. The van der Waals surface area contributed by atoms with Crippen molar-refractivity contribution in [2.75, 3.05) is 0 Å². The summed E-state index contributed by atoms with van der Waals surface area (Å²) in [5.74, 6) is -0.684. The van der Waals surface area contributed by atoms with Gasteiger partial charge in [0.15, 0.2) is 5.78 Å². The monoisotopic (exact) mass is 334 g/mol. The van der Waals surface area contributed by atoms with Crippen molar-refractivity contribution in [1.82, 2.24) is 0 Å². The van der Waals surface area contributed by atoms with E-state index >= 15 is 0 Å². The third-order valence-corrected chi connectivity index (χ3v) is 6.48. The topological polar surface area (TPSA) is 63.6 Å². The van der Waals surface area contributed by atoms with Gasteiger partial charge in [-0.2, -0.15) is 0 Å². The zero-order chi connectivity index (χ0) is 18.2. The number of fused-ring (bicyclic) bond motifs is 1. The lowest BCUT2D eigenvalue weighted by Gasteiger charge is -2.55. The van der Waals surface area contributed by atoms with E-state index in [0.717, 1.165) is 5.57 Å². The molecule has 0 heterocycles. The van der Waals surface area contributed by atoms with Crippen LogP contribution in [0.25, 0.3) is 0 Å². The van der Waals surface area contributed by atoms with Gasteiger partial charge in [0, 0.05) is 11.5 Å². The molecule has 24 heavy (non-hydrogen) atoms. The van der Waals surface area contributed by atoms with Gasteiger partial charge in [-0.05, 0) is 57.3 Å². The number of esters is 1. The van der Waals surface area contributed by atoms with Gasteiger partial charge in [-0.15, -0.1) is 0 Å². The van der Waals surface area contributed by atoms with Crippen molar-refractivity contribution >= 4 is 11.8 Å². The highest BCUT2D eigenvalue weighted by Gasteiger charge is 2.56. The number of carbonyl (C=O) groups is 2. The van der Waals surface area contributed by atoms with Crippen LogP contribution in [0.5, 0.6) is 0 Å². The van der Waals surface area contributed by atoms with Gasteiger partial charge < -0.3 is 9.84 Å². The zero-order valence-electron chi connectivity index (χ0n) is 15.5. The summed E-state index contributed by atoms with van der Waals surface area (Å²) in [6, 6.07) is 0. The fourth-order valence-electron chi connectivity index (χ4n) is 4.41. The highest BCUT2D eigenvalue weighted by molar-refractivity contribution is 5.89. The Morgan fingerprint density at radius 1 is 1.38 bits per heavy atom. The van der Waals surface area contributed by atoms with Crippen LogP contribution in [0.3, 0.4) is 0 Å². The maximum absolute atomic E-state index is 12.5. The average molecular weight is 334 g/mol. The molecule has 6 unspecified atom stereocenters. The van der Waals surface area contributed by atoms with E-state index in [1.807, 2.05) is 13.8 Å². The van der Waals surface area contributed by atoms with E-state index in [0.29, 0.717) is 24.8 Å². The molecular formula is C20H30O4. The Kier molecular flexibility index (Phi) is 5.38. The number of aliphatic hydroxyl groups is 1. The normalized spacial score (nSPS) is 40.0. The number of ether oxygens (including phenoxy) is 1. The summed E-state index contributed by atoms with van der Waals surface area (Å²) in [6.45, 7) is 13.5. The van der Waals surface area contributed by atoms with E-state index in [9.17, 15) is 14.7 Å². The smallest absolute Gasteiger partial charge is 0.333 e. The molecule has 0 spiro atoms. The SMILES string of the molecule is C=C(C)C1CC2(C)C(C)C(OC(=O)C(C)=CC)CCC2C(O)C1=O. The number of aliphatic hydroxyl groups excluding tert-OH is 1. The molecule has 1 N–H and O–H groups in total. The first kappa shape index (κ1) is 18.9. The van der Waals surface area contributed by atoms with Gasteiger partial charge in [-0.25, -0.2) is 4.79 Å². The van der Waals surface area contributed by atoms with Gasteiger partial charge in [-0.1, -0.05) is 32.1 Å². The van der Waals surface area contributed by atoms with E-state index < -0.39 is 6.10 Å². The first-order chi connectivity index (χ1) is 11.1. The van der Waals surface area contributed by atoms with E-state index in [1.54, 1.807) is 13.0 Å². The van der Waals surface area contributed by atoms with Crippen LogP contribution in [0.4, 0.5) is 0 Å². The minimum absolute atomic E-state index is 0.0756. The first-order valence-corrected chi connectivity index (χ1v) is 8.84. The summed E-state index contributed by atoms with van der Waals surface area (Å²) in [7, 11) is 0. The Bertz CT molecular complexity index is 576. The average Bonchev–Trinajstić information content (AvgIpc) is 2.54. The first-order valence-electron chi connectivity index (χ1n) is 8.84. The molecule has 0 saturated heterocycles. The Balaban J connectivity index is 2.25. The van der Waals surface area contributed by atoms with Gasteiger partial charge in [-0.3, -0.25) is 4.79 Å². The van der Waals surface area contributed by atoms with Gasteiger partial charge in [0.2, 0.25) is 0 Å². The summed E-state index contributed by atoms with van der Waals surface area (Å²) in [6.07, 6.45) is 2.68. The lowest BCUT2D eigenvalue weighted by molar-refractivity contribution is -0.173. The number of hydrogen-bond acceptors (Lipinski definition) is 4. The summed E-state index contributed by atoms with van der Waals surface area (Å²) in [4.78, 5) is 24.6. The summed E-state index contributed by atoms with van der Waals surface area (Å²) in [5, 5.41) is 10.6. The van der Waals surface area contributed by atoms with Crippen LogP contribution in [-0.4, -0.2) is 29.1 Å². The Hall–Kier alpha value is -1.42. The molecule has 134 valence electrons. The van der Waals surface area contributed by atoms with Crippen molar-refractivity contribution in [2.45, 2.75) is 66.1 Å². The third kappa shape index (κ3) is 3.08. The van der Waals surface area contributed by atoms with E-state index in [1.165, 1.54) is 0 Å². The van der Waals surface area contributed by atoms with Crippen molar-refractivity contribution in [3.8, 4) is 0 Å². The number of rotatable bonds is 3. The molecule has 4 nitrogen and oxygen atoms in total. The van der Waals surface area contributed by atoms with Crippen LogP contribution in [0.2, 0.25) is 0 Å². The standard InChI is InChI=1S/C20H30O4/c1-7-12(4)19(23)24-16-9-8-15-18(22)17(21)14(11(2)3)10-20(15,6)13(16)5/h7,13-16,18,22H,2,8-10H2,1,3-6H3. The number of carbonyl (C=O) groups excluding carboxylic acids is 2. The predicted octanol–water partition coefficient (Wildman–Crippen LogP) is 3.44. The molecule has 2 saturated carbocycles. The third-order valence-electron chi connectivity index (χ3n) is 6.48. The molecular weight excluding hydrogens is 304 g/mol. The number of hydrogen-bond donors (Lipinski definition) is 1. The second-order valence-corrected chi connectivity index (χ2v) is 7.84. The van der Waals surface area contributed by atoms with Crippen LogP contribution in [0, 0.1) is 23.2 Å². The molecule has 0 aromatic heterocycles. The highest BCUT2D eigenvalue weighted by atomic mass is 16.5. The number of Topliss-reactive ketones (excluding diaryl/α,β-unsaturated/α-hetero) is 1. The Labute approximate surface area is 145 Å². The number of ketones is 1. The van der Waals surface area contributed by atoms with Crippen LogP contribution in [0.1, 0.15) is 53.9 Å². The maximum atomic E-state index is 12.5. The minimum atomic E-state index is -0.943. The van der Waals surface area contributed by atoms with E-state index in [2.05, 4.69) is 20.4 Å². The van der Waals surface area contributed by atoms with Crippen molar-refractivity contribution in [3.05, 3.63) is 23.8 Å². The second kappa shape index (κ2) is 6.83. The van der Waals surface area contributed by atoms with Gasteiger partial charge >= 0.3 is 5.97 Å². The molecule has 2 aliphatic carbocycles. The predicted molar refractivity (Wildman–Crippen MR) is 93.2 cm³/mol. The Morgan fingerprint density at radius 3 is 2.54 bits per heavy atom. The van der Waals surface area contributed by atoms with Crippen LogP contribution < -0.4 is 0 Å². The number of allylic oxidation sites excluding steroid dienone is 2. The van der Waals surface area contributed by atoms with Crippen LogP contribution in [-0.2, 0) is 14.3 Å². The van der Waals surface area contributed by atoms with Gasteiger partial charge in [0.1, 0.15) is 12.2 Å². The molecule has 2 fully saturated rings. The van der Waals surface area contributed by atoms with Crippen molar-refractivity contribution in [1.29, 1.82) is 0 Å². The van der Waals surface area contributed by atoms with Crippen molar-refractivity contribution in [2.24, 2.45) is 23.2 Å². The molecule has 4 heteroatoms. The lowest BCUT2D eigenvalue weighted by Crippen LogP contribution is -2.57. The van der Waals surface area contributed by atoms with E-state index in [4.69, 9.17) is 4.74 Å². The minimum Gasteiger partial charge on any atom is -0.459 e. The summed E-state index contributed by atoms with van der Waals surface area (Å²) >= 11 is 0. The van der Waals surface area contributed by atoms with Crippen LogP contribution >= 0.6 is 0 Å². The maximum Gasteiger partial charge on any atom is 0.333 e. The lowest BCUT2D eigenvalue weighted by atomic mass is 9.51. The molecule has 6 atom stereocenters. The largest absolute Gasteiger partial charge is 0.459 e. The molecule has 0 aromatic rings. The Morgan fingerprint density at radius 2 is 2.00 bits per heavy atom. The van der Waals surface area contributed by atoms with Gasteiger partial charge in [0.05, 0.1) is 0 Å². The molecule has 0 aromatic carbocycles. The molecule has 0 radical (unpaired) electrons. The van der Waals surface area contributed by atoms with Crippen molar-refractivity contribution < 1.29 is 19.4 Å². The highest BCUT2D eigenvalue weighted by Crippen LogP contribution is 2.55. The molecule has 2 rings (SSSR count). The fourth-order valence-corrected chi connectivity index (χ4v) is 4.41. The second-order valence-electron chi connectivity index (χ2n) is 7.84. The fraction of sp³-hybridized carbons (Fsp3) is 0.700. The van der Waals surface area contributed by atoms with Crippen molar-refractivity contribution in [3.63, 3.8) is 0 Å². The molecule has 0 aliphatic heterocycles. The van der Waals surface area contributed by atoms with E-state index in [-0.39, 0.29) is 41.0 Å². The van der Waals surface area contributed by atoms with Crippen LogP contribution in [0.15, 0.2) is 23.8 Å². The summed E-state index contributed by atoms with van der Waals surface area (Å²) in [5.41, 5.74) is 1.16. The quantitative estimate of drug-likeness (QED) is 0.488. The molecule has 0 bridgehead atoms. The zero-order valence-corrected chi connectivity index (χ0v) is 15.5. The summed E-state index contributed by atoms with van der Waals surface area (Å²) < 4.78 is 5.73. The molecule has 2 aliphatic rings.